The Hall–Kier alpha value is -3.92. The molecule has 0 saturated carbocycles. The maximum atomic E-state index is 13.3. The number of aryl methyl sites for hydroxylation is 3. The van der Waals surface area contributed by atoms with Gasteiger partial charge in [0.25, 0.3) is 5.91 Å². The minimum absolute atomic E-state index is 0.142. The Morgan fingerprint density at radius 3 is 2.38 bits per heavy atom. The highest BCUT2D eigenvalue weighted by Gasteiger charge is 2.27. The molecule has 1 unspecified atom stereocenters. The monoisotopic (exact) mass is 563 g/mol. The lowest BCUT2D eigenvalue weighted by Gasteiger charge is -2.18. The number of imidazole rings is 1. The van der Waals surface area contributed by atoms with Crippen LogP contribution in [0, 0.1) is 13.8 Å². The second-order valence-electron chi connectivity index (χ2n) is 9.88. The van der Waals surface area contributed by atoms with Gasteiger partial charge in [0, 0.05) is 25.6 Å². The first-order chi connectivity index (χ1) is 19.1. The van der Waals surface area contributed by atoms with Crippen LogP contribution >= 0.6 is 0 Å². The smallest absolute Gasteiger partial charge is 0.269 e. The standard InChI is InChI=1S/C30H37N5O4S/c1-7-11-27-32-26(8-2)28(30(36)31-6)35(27)18-22-14-16-23(17-15-22)25-13-10-9-12-24(25)21(5)40(37,38)34-29-19(3)20(4)39-33-29/h9-10,12-17,21H,7-8,11,18H2,1-6H3,(H,31,36)(H,33,34). The van der Waals surface area contributed by atoms with Crippen molar-refractivity contribution in [3.63, 3.8) is 0 Å². The highest BCUT2D eigenvalue weighted by Crippen LogP contribution is 2.34. The van der Waals surface area contributed by atoms with Crippen molar-refractivity contribution >= 4 is 21.7 Å². The second kappa shape index (κ2) is 12.1. The minimum atomic E-state index is -3.80. The zero-order chi connectivity index (χ0) is 29.0. The Morgan fingerprint density at radius 1 is 1.07 bits per heavy atom. The number of anilines is 1. The fourth-order valence-electron chi connectivity index (χ4n) is 4.75. The molecule has 0 spiro atoms. The van der Waals surface area contributed by atoms with Crippen LogP contribution < -0.4 is 10.0 Å². The number of hydrogen-bond acceptors (Lipinski definition) is 6. The number of hydrogen-bond donors (Lipinski definition) is 2. The van der Waals surface area contributed by atoms with Gasteiger partial charge in [-0.1, -0.05) is 67.5 Å². The zero-order valence-corrected chi connectivity index (χ0v) is 24.7. The van der Waals surface area contributed by atoms with Crippen molar-refractivity contribution in [1.82, 2.24) is 20.0 Å². The number of carbonyl (C=O) groups excluding carboxylic acids is 1. The molecule has 0 saturated heterocycles. The molecule has 212 valence electrons. The number of amides is 1. The highest BCUT2D eigenvalue weighted by molar-refractivity contribution is 7.92. The third kappa shape index (κ3) is 5.82. The van der Waals surface area contributed by atoms with Gasteiger partial charge in [0.05, 0.1) is 5.69 Å². The molecule has 2 aromatic carbocycles. The Labute approximate surface area is 236 Å². The fraction of sp³-hybridized carbons (Fsp3) is 0.367. The fourth-order valence-corrected chi connectivity index (χ4v) is 5.92. The summed E-state index contributed by atoms with van der Waals surface area (Å²) in [6, 6.07) is 15.5. The molecular weight excluding hydrogens is 526 g/mol. The third-order valence-corrected chi connectivity index (χ3v) is 8.90. The van der Waals surface area contributed by atoms with Crippen molar-refractivity contribution in [1.29, 1.82) is 0 Å². The molecule has 0 bridgehead atoms. The van der Waals surface area contributed by atoms with Crippen LogP contribution in [0.25, 0.3) is 11.1 Å². The van der Waals surface area contributed by atoms with Crippen LogP contribution in [0.2, 0.25) is 0 Å². The van der Waals surface area contributed by atoms with Crippen molar-refractivity contribution in [3.05, 3.63) is 88.2 Å². The Bertz CT molecular complexity index is 1600. The second-order valence-corrected chi connectivity index (χ2v) is 11.9. The molecule has 0 aliphatic heterocycles. The number of nitrogens with one attached hydrogen (secondary N) is 2. The van der Waals surface area contributed by atoms with E-state index in [1.165, 1.54) is 0 Å². The molecule has 1 atom stereocenters. The zero-order valence-electron chi connectivity index (χ0n) is 23.9. The molecule has 1 amide bonds. The van der Waals surface area contributed by atoms with Gasteiger partial charge in [-0.15, -0.1) is 0 Å². The van der Waals surface area contributed by atoms with E-state index in [-0.39, 0.29) is 11.7 Å². The number of benzene rings is 2. The highest BCUT2D eigenvalue weighted by atomic mass is 32.2. The van der Waals surface area contributed by atoms with E-state index in [0.29, 0.717) is 35.5 Å². The average Bonchev–Trinajstić information content (AvgIpc) is 3.46. The van der Waals surface area contributed by atoms with Gasteiger partial charge in [-0.05, 0) is 55.9 Å². The predicted octanol–water partition coefficient (Wildman–Crippen LogP) is 5.58. The summed E-state index contributed by atoms with van der Waals surface area (Å²) in [6.45, 7) is 9.78. The molecule has 0 fully saturated rings. The lowest BCUT2D eigenvalue weighted by molar-refractivity contribution is 0.0953. The van der Waals surface area contributed by atoms with Crippen LogP contribution in [0.15, 0.2) is 53.1 Å². The van der Waals surface area contributed by atoms with E-state index in [1.807, 2.05) is 60.0 Å². The van der Waals surface area contributed by atoms with Gasteiger partial charge in [0.2, 0.25) is 10.0 Å². The molecule has 0 aliphatic rings. The first-order valence-corrected chi connectivity index (χ1v) is 15.1. The summed E-state index contributed by atoms with van der Waals surface area (Å²) >= 11 is 0. The lowest BCUT2D eigenvalue weighted by Crippen LogP contribution is -2.24. The third-order valence-electron chi connectivity index (χ3n) is 7.24. The average molecular weight is 564 g/mol. The van der Waals surface area contributed by atoms with E-state index < -0.39 is 15.3 Å². The predicted molar refractivity (Wildman–Crippen MR) is 157 cm³/mol. The van der Waals surface area contributed by atoms with E-state index in [9.17, 15) is 13.2 Å². The number of carbonyl (C=O) groups is 1. The molecule has 10 heteroatoms. The first kappa shape index (κ1) is 29.1. The minimum Gasteiger partial charge on any atom is -0.359 e. The molecule has 4 rings (SSSR count). The Balaban J connectivity index is 1.64. The number of aromatic nitrogens is 3. The van der Waals surface area contributed by atoms with Crippen LogP contribution in [0.4, 0.5) is 5.82 Å². The Morgan fingerprint density at radius 2 is 1.77 bits per heavy atom. The summed E-state index contributed by atoms with van der Waals surface area (Å²) in [5.41, 5.74) is 5.48. The van der Waals surface area contributed by atoms with Crippen LogP contribution in [0.1, 0.15) is 76.9 Å². The van der Waals surface area contributed by atoms with Gasteiger partial charge in [-0.2, -0.15) is 0 Å². The topological polar surface area (TPSA) is 119 Å². The first-order valence-electron chi connectivity index (χ1n) is 13.5. The van der Waals surface area contributed by atoms with Crippen molar-refractivity contribution in [3.8, 4) is 11.1 Å². The van der Waals surface area contributed by atoms with E-state index >= 15 is 0 Å². The normalized spacial score (nSPS) is 12.3. The van der Waals surface area contributed by atoms with Crippen LogP contribution in [0.3, 0.4) is 0 Å². The quantitative estimate of drug-likeness (QED) is 0.246. The molecule has 2 heterocycles. The van der Waals surface area contributed by atoms with Crippen LogP contribution in [-0.4, -0.2) is 36.1 Å². The summed E-state index contributed by atoms with van der Waals surface area (Å²) in [5.74, 6) is 1.53. The van der Waals surface area contributed by atoms with Crippen LogP contribution in [0.5, 0.6) is 0 Å². The molecule has 40 heavy (non-hydrogen) atoms. The largest absolute Gasteiger partial charge is 0.359 e. The van der Waals surface area contributed by atoms with E-state index in [1.54, 1.807) is 27.8 Å². The van der Waals surface area contributed by atoms with Gasteiger partial charge in [0.1, 0.15) is 22.5 Å². The van der Waals surface area contributed by atoms with Gasteiger partial charge in [-0.3, -0.25) is 9.52 Å². The van der Waals surface area contributed by atoms with Crippen molar-refractivity contribution in [2.75, 3.05) is 11.8 Å². The molecular formula is C30H37N5O4S. The van der Waals surface area contributed by atoms with Crippen molar-refractivity contribution in [2.24, 2.45) is 0 Å². The lowest BCUT2D eigenvalue weighted by atomic mass is 9.97. The molecule has 0 aliphatic carbocycles. The molecule has 0 radical (unpaired) electrons. The van der Waals surface area contributed by atoms with Crippen molar-refractivity contribution in [2.45, 2.75) is 65.7 Å². The maximum absolute atomic E-state index is 13.3. The van der Waals surface area contributed by atoms with E-state index in [4.69, 9.17) is 9.51 Å². The molecule has 4 aromatic rings. The van der Waals surface area contributed by atoms with Gasteiger partial charge >= 0.3 is 0 Å². The summed E-state index contributed by atoms with van der Waals surface area (Å²) in [5, 5.41) is 5.76. The van der Waals surface area contributed by atoms with Gasteiger partial charge in [0.15, 0.2) is 5.82 Å². The van der Waals surface area contributed by atoms with Gasteiger partial charge < -0.3 is 14.4 Å². The number of nitrogens with zero attached hydrogens (tertiary/aromatic N) is 3. The summed E-state index contributed by atoms with van der Waals surface area (Å²) in [7, 11) is -2.17. The maximum Gasteiger partial charge on any atom is 0.269 e. The van der Waals surface area contributed by atoms with Crippen LogP contribution in [-0.2, 0) is 29.4 Å². The van der Waals surface area contributed by atoms with E-state index in [2.05, 4.69) is 22.1 Å². The van der Waals surface area contributed by atoms with Gasteiger partial charge in [-0.25, -0.2) is 13.4 Å². The number of rotatable bonds is 11. The summed E-state index contributed by atoms with van der Waals surface area (Å²) < 4.78 is 36.3. The summed E-state index contributed by atoms with van der Waals surface area (Å²) in [4.78, 5) is 17.5. The number of sulfonamides is 1. The van der Waals surface area contributed by atoms with Crippen molar-refractivity contribution < 1.29 is 17.7 Å². The molecule has 9 nitrogen and oxygen atoms in total. The van der Waals surface area contributed by atoms with E-state index in [0.717, 1.165) is 41.1 Å². The summed E-state index contributed by atoms with van der Waals surface area (Å²) in [6.07, 6.45) is 2.38. The Kier molecular flexibility index (Phi) is 8.78. The molecule has 2 aromatic heterocycles. The SMILES string of the molecule is CCCc1nc(CC)c(C(=O)NC)n1Cc1ccc(-c2ccccc2C(C)S(=O)(=O)Nc2noc(C)c2C)cc1. The molecule has 2 N–H and O–H groups in total.